The summed E-state index contributed by atoms with van der Waals surface area (Å²) in [6, 6.07) is 4.57. The Morgan fingerprint density at radius 1 is 1.44 bits per heavy atom. The highest BCUT2D eigenvalue weighted by molar-refractivity contribution is 7.14. The monoisotopic (exact) mass is 267 g/mol. The molecule has 0 saturated heterocycles. The summed E-state index contributed by atoms with van der Waals surface area (Å²) in [7, 11) is 2.18. The quantitative estimate of drug-likeness (QED) is 0.499. The van der Waals surface area contributed by atoms with Gasteiger partial charge in [-0.15, -0.1) is 11.3 Å². The number of hydrogen-bond acceptors (Lipinski definition) is 4. The average Bonchev–Trinajstić information content (AvgIpc) is 2.87. The van der Waals surface area contributed by atoms with Crippen molar-refractivity contribution in [1.29, 1.82) is 0 Å². The normalized spacial score (nSPS) is 17.1. The smallest absolute Gasteiger partial charge is 0.275 e. The van der Waals surface area contributed by atoms with Gasteiger partial charge in [-0.3, -0.25) is 15.1 Å². The number of nitrogens with zero attached hydrogens (tertiary/aromatic N) is 1. The number of carbonyl (C=O) groups excluding carboxylic acids is 1. The van der Waals surface area contributed by atoms with E-state index in [-0.39, 0.29) is 5.91 Å². The molecule has 1 aliphatic carbocycles. The maximum atomic E-state index is 11.4. The van der Waals surface area contributed by atoms with E-state index in [1.807, 2.05) is 12.1 Å². The second kappa shape index (κ2) is 6.31. The van der Waals surface area contributed by atoms with E-state index in [0.717, 1.165) is 6.54 Å². The van der Waals surface area contributed by atoms with Gasteiger partial charge in [0.15, 0.2) is 0 Å². The number of thiophene rings is 1. The van der Waals surface area contributed by atoms with E-state index in [9.17, 15) is 4.79 Å². The van der Waals surface area contributed by atoms with E-state index in [1.54, 1.807) is 0 Å². The molecule has 1 fully saturated rings. The van der Waals surface area contributed by atoms with E-state index in [0.29, 0.717) is 10.9 Å². The first-order valence-electron chi connectivity index (χ1n) is 6.50. The molecule has 0 atom stereocenters. The predicted octanol–water partition coefficient (Wildman–Crippen LogP) is 2.12. The van der Waals surface area contributed by atoms with Gasteiger partial charge < -0.3 is 0 Å². The second-order valence-corrected chi connectivity index (χ2v) is 6.11. The van der Waals surface area contributed by atoms with Crippen molar-refractivity contribution in [2.45, 2.75) is 44.7 Å². The molecule has 0 spiro atoms. The number of hydrogen-bond donors (Lipinski definition) is 2. The molecule has 1 saturated carbocycles. The van der Waals surface area contributed by atoms with Crippen molar-refractivity contribution in [2.24, 2.45) is 5.84 Å². The zero-order chi connectivity index (χ0) is 13.0. The third kappa shape index (κ3) is 3.31. The molecule has 0 bridgehead atoms. The summed E-state index contributed by atoms with van der Waals surface area (Å²) in [4.78, 5) is 15.7. The van der Waals surface area contributed by atoms with Crippen molar-refractivity contribution in [3.05, 3.63) is 21.9 Å². The number of carbonyl (C=O) groups is 1. The fourth-order valence-electron chi connectivity index (χ4n) is 2.55. The van der Waals surface area contributed by atoms with Crippen molar-refractivity contribution in [3.63, 3.8) is 0 Å². The maximum absolute atomic E-state index is 11.4. The van der Waals surface area contributed by atoms with Gasteiger partial charge in [0.1, 0.15) is 0 Å². The van der Waals surface area contributed by atoms with Crippen LogP contribution in [0.4, 0.5) is 0 Å². The zero-order valence-electron chi connectivity index (χ0n) is 10.8. The summed E-state index contributed by atoms with van der Waals surface area (Å²) < 4.78 is 0. The number of nitrogens with two attached hydrogens (primary N) is 1. The fourth-order valence-corrected chi connectivity index (χ4v) is 3.53. The molecule has 0 aliphatic heterocycles. The van der Waals surface area contributed by atoms with Crippen LogP contribution in [-0.4, -0.2) is 23.9 Å². The van der Waals surface area contributed by atoms with Gasteiger partial charge in [0.25, 0.3) is 5.91 Å². The van der Waals surface area contributed by atoms with Crippen LogP contribution in [-0.2, 0) is 6.54 Å². The predicted molar refractivity (Wildman–Crippen MR) is 74.3 cm³/mol. The minimum Gasteiger partial charge on any atom is -0.298 e. The Labute approximate surface area is 112 Å². The van der Waals surface area contributed by atoms with Crippen molar-refractivity contribution in [3.8, 4) is 0 Å². The summed E-state index contributed by atoms with van der Waals surface area (Å²) in [6.45, 7) is 0.924. The lowest BCUT2D eigenvalue weighted by Gasteiger charge is -2.30. The first-order valence-corrected chi connectivity index (χ1v) is 7.32. The van der Waals surface area contributed by atoms with Crippen molar-refractivity contribution < 1.29 is 4.79 Å². The lowest BCUT2D eigenvalue weighted by atomic mass is 9.94. The van der Waals surface area contributed by atoms with Gasteiger partial charge in [0.2, 0.25) is 0 Å². The number of nitrogen functional groups attached to an aromatic ring is 1. The van der Waals surface area contributed by atoms with Crippen LogP contribution in [0.3, 0.4) is 0 Å². The Morgan fingerprint density at radius 3 is 2.83 bits per heavy atom. The van der Waals surface area contributed by atoms with E-state index < -0.39 is 0 Å². The molecule has 18 heavy (non-hydrogen) atoms. The SMILES string of the molecule is CN(Cc1ccc(C(=O)NN)s1)C1CCCCC1. The van der Waals surface area contributed by atoms with Gasteiger partial charge >= 0.3 is 0 Å². The Morgan fingerprint density at radius 2 is 2.17 bits per heavy atom. The molecule has 0 radical (unpaired) electrons. The third-order valence-electron chi connectivity index (χ3n) is 3.62. The van der Waals surface area contributed by atoms with Crippen LogP contribution in [0.5, 0.6) is 0 Å². The molecule has 1 amide bonds. The molecule has 1 aliphatic rings. The lowest BCUT2D eigenvalue weighted by molar-refractivity contribution is 0.0957. The molecule has 4 nitrogen and oxygen atoms in total. The average molecular weight is 267 g/mol. The highest BCUT2D eigenvalue weighted by Crippen LogP contribution is 2.24. The zero-order valence-corrected chi connectivity index (χ0v) is 11.6. The molecule has 1 aromatic rings. The summed E-state index contributed by atoms with van der Waals surface area (Å²) in [5.74, 6) is 4.93. The molecule has 2 rings (SSSR count). The van der Waals surface area contributed by atoms with E-state index in [4.69, 9.17) is 5.84 Å². The molecule has 0 aromatic carbocycles. The van der Waals surface area contributed by atoms with Crippen molar-refractivity contribution in [2.75, 3.05) is 7.05 Å². The highest BCUT2D eigenvalue weighted by atomic mass is 32.1. The molecular weight excluding hydrogens is 246 g/mol. The topological polar surface area (TPSA) is 58.4 Å². The van der Waals surface area contributed by atoms with Crippen LogP contribution < -0.4 is 11.3 Å². The number of amides is 1. The molecule has 0 unspecified atom stereocenters. The largest absolute Gasteiger partial charge is 0.298 e. The highest BCUT2D eigenvalue weighted by Gasteiger charge is 2.18. The standard InChI is InChI=1S/C13H21N3OS/c1-16(10-5-3-2-4-6-10)9-11-7-8-12(18-11)13(17)15-14/h7-8,10H,2-6,9,14H2,1H3,(H,15,17). The fraction of sp³-hybridized carbons (Fsp3) is 0.615. The Bertz CT molecular complexity index is 399. The molecule has 5 heteroatoms. The van der Waals surface area contributed by atoms with Crippen molar-refractivity contribution in [1.82, 2.24) is 10.3 Å². The van der Waals surface area contributed by atoms with Gasteiger partial charge in [-0.1, -0.05) is 19.3 Å². The maximum Gasteiger partial charge on any atom is 0.275 e. The number of rotatable bonds is 4. The summed E-state index contributed by atoms with van der Waals surface area (Å²) >= 11 is 1.52. The molecule has 3 N–H and O–H groups in total. The Kier molecular flexibility index (Phi) is 4.74. The molecule has 100 valence electrons. The van der Waals surface area contributed by atoms with E-state index in [2.05, 4.69) is 17.4 Å². The summed E-state index contributed by atoms with van der Waals surface area (Å²) in [5, 5.41) is 0. The van der Waals surface area contributed by atoms with Gasteiger partial charge in [-0.2, -0.15) is 0 Å². The minimum atomic E-state index is -0.202. The molecule has 1 heterocycles. The van der Waals surface area contributed by atoms with Gasteiger partial charge in [0, 0.05) is 17.5 Å². The van der Waals surface area contributed by atoms with Gasteiger partial charge in [-0.05, 0) is 32.0 Å². The third-order valence-corrected chi connectivity index (χ3v) is 4.69. The van der Waals surface area contributed by atoms with E-state index >= 15 is 0 Å². The van der Waals surface area contributed by atoms with Crippen LogP contribution in [0.25, 0.3) is 0 Å². The summed E-state index contributed by atoms with van der Waals surface area (Å²) in [6.07, 6.45) is 6.68. The number of hydrazine groups is 1. The first kappa shape index (κ1) is 13.5. The van der Waals surface area contributed by atoms with Crippen molar-refractivity contribution >= 4 is 17.2 Å². The lowest BCUT2D eigenvalue weighted by Crippen LogP contribution is -2.32. The van der Waals surface area contributed by atoms with Gasteiger partial charge in [0.05, 0.1) is 4.88 Å². The minimum absolute atomic E-state index is 0.202. The van der Waals surface area contributed by atoms with Crippen LogP contribution >= 0.6 is 11.3 Å². The Balaban J connectivity index is 1.92. The van der Waals surface area contributed by atoms with Crippen LogP contribution in [0.15, 0.2) is 12.1 Å². The van der Waals surface area contributed by atoms with Crippen LogP contribution in [0, 0.1) is 0 Å². The summed E-state index contributed by atoms with van der Waals surface area (Å²) in [5.41, 5.74) is 2.17. The molecule has 1 aromatic heterocycles. The number of nitrogens with one attached hydrogen (secondary N) is 1. The van der Waals surface area contributed by atoms with Gasteiger partial charge in [-0.25, -0.2) is 5.84 Å². The van der Waals surface area contributed by atoms with Crippen LogP contribution in [0.1, 0.15) is 46.7 Å². The second-order valence-electron chi connectivity index (χ2n) is 4.95. The Hall–Kier alpha value is -0.910. The first-order chi connectivity index (χ1) is 8.70. The van der Waals surface area contributed by atoms with E-state index in [1.165, 1.54) is 48.3 Å². The molecular formula is C13H21N3OS. The van der Waals surface area contributed by atoms with Crippen LogP contribution in [0.2, 0.25) is 0 Å².